The van der Waals surface area contributed by atoms with E-state index in [1.54, 1.807) is 21.3 Å². The van der Waals surface area contributed by atoms with Crippen molar-refractivity contribution in [3.63, 3.8) is 0 Å². The molecule has 0 fully saturated rings. The van der Waals surface area contributed by atoms with Crippen LogP contribution < -0.4 is 0 Å². The average molecular weight is 250 g/mol. The molecule has 2 atom stereocenters. The van der Waals surface area contributed by atoms with Crippen LogP contribution in [0.4, 0.5) is 0 Å². The van der Waals surface area contributed by atoms with Gasteiger partial charge in [-0.25, -0.2) is 0 Å². The van der Waals surface area contributed by atoms with E-state index in [9.17, 15) is 0 Å². The minimum Gasteiger partial charge on any atom is -0.381 e. The van der Waals surface area contributed by atoms with Gasteiger partial charge < -0.3 is 18.0 Å². The van der Waals surface area contributed by atoms with Crippen LogP contribution >= 0.6 is 0 Å². The van der Waals surface area contributed by atoms with Crippen molar-refractivity contribution < 1.29 is 18.0 Å². The van der Waals surface area contributed by atoms with Gasteiger partial charge in [-0.1, -0.05) is 27.2 Å². The van der Waals surface area contributed by atoms with Gasteiger partial charge in [0.05, 0.1) is 6.61 Å². The zero-order valence-corrected chi connectivity index (χ0v) is 12.4. The SMILES string of the molecule is CCC(C)COCC(C)[Si](OC)(OC)OC. The van der Waals surface area contributed by atoms with Crippen LogP contribution in [0.3, 0.4) is 0 Å². The van der Waals surface area contributed by atoms with Crippen LogP contribution in [0.5, 0.6) is 0 Å². The van der Waals surface area contributed by atoms with E-state index >= 15 is 0 Å². The van der Waals surface area contributed by atoms with Crippen LogP contribution in [0.15, 0.2) is 0 Å². The summed E-state index contributed by atoms with van der Waals surface area (Å²) in [6, 6.07) is 0. The van der Waals surface area contributed by atoms with Crippen molar-refractivity contribution in [1.29, 1.82) is 0 Å². The Bertz CT molecular complexity index is 165. The lowest BCUT2D eigenvalue weighted by atomic mass is 10.1. The maximum Gasteiger partial charge on any atom is 0.505 e. The lowest BCUT2D eigenvalue weighted by Crippen LogP contribution is -2.48. The minimum atomic E-state index is -2.53. The Balaban J connectivity index is 4.06. The van der Waals surface area contributed by atoms with E-state index in [4.69, 9.17) is 18.0 Å². The molecule has 0 aliphatic carbocycles. The molecule has 0 spiro atoms. The molecule has 0 bridgehead atoms. The first-order chi connectivity index (χ1) is 7.56. The van der Waals surface area contributed by atoms with Crippen LogP contribution in [-0.4, -0.2) is 43.3 Å². The quantitative estimate of drug-likeness (QED) is 0.589. The molecule has 0 N–H and O–H groups in total. The summed E-state index contributed by atoms with van der Waals surface area (Å²) in [4.78, 5) is 0. The molecule has 0 rings (SSSR count). The first-order valence-corrected chi connectivity index (χ1v) is 7.59. The molecule has 0 aromatic heterocycles. The summed E-state index contributed by atoms with van der Waals surface area (Å²) in [5.74, 6) is 0.593. The van der Waals surface area contributed by atoms with Crippen LogP contribution in [0.1, 0.15) is 27.2 Å². The molecule has 4 nitrogen and oxygen atoms in total. The van der Waals surface area contributed by atoms with Crippen LogP contribution in [0.2, 0.25) is 5.54 Å². The number of hydrogen-bond acceptors (Lipinski definition) is 4. The van der Waals surface area contributed by atoms with Gasteiger partial charge >= 0.3 is 8.80 Å². The molecule has 16 heavy (non-hydrogen) atoms. The first kappa shape index (κ1) is 16.1. The second-order valence-corrected chi connectivity index (χ2v) is 7.59. The molecule has 5 heteroatoms. The van der Waals surface area contributed by atoms with Crippen molar-refractivity contribution in [3.8, 4) is 0 Å². The third-order valence-corrected chi connectivity index (χ3v) is 6.01. The highest BCUT2D eigenvalue weighted by Gasteiger charge is 2.44. The standard InChI is InChI=1S/C11H26O4Si/c1-7-10(2)8-15-9-11(3)16(12-4,13-5)14-6/h10-11H,7-9H2,1-6H3. The zero-order valence-electron chi connectivity index (χ0n) is 11.4. The Labute approximate surface area is 101 Å². The highest BCUT2D eigenvalue weighted by Crippen LogP contribution is 2.23. The monoisotopic (exact) mass is 250 g/mol. The van der Waals surface area contributed by atoms with Gasteiger partial charge in [-0.2, -0.15) is 0 Å². The second kappa shape index (κ2) is 8.19. The molecule has 0 aromatic rings. The van der Waals surface area contributed by atoms with E-state index in [1.807, 2.05) is 6.92 Å². The number of rotatable bonds is 9. The van der Waals surface area contributed by atoms with Gasteiger partial charge in [0, 0.05) is 33.5 Å². The van der Waals surface area contributed by atoms with Crippen LogP contribution in [0, 0.1) is 5.92 Å². The molecular weight excluding hydrogens is 224 g/mol. The summed E-state index contributed by atoms with van der Waals surface area (Å²) in [6.45, 7) is 7.78. The Morgan fingerprint density at radius 2 is 1.44 bits per heavy atom. The van der Waals surface area contributed by atoms with E-state index in [0.717, 1.165) is 13.0 Å². The molecule has 0 aliphatic heterocycles. The Kier molecular flexibility index (Phi) is 8.22. The van der Waals surface area contributed by atoms with Gasteiger partial charge in [0.1, 0.15) is 0 Å². The molecule has 0 saturated carbocycles. The fraction of sp³-hybridized carbons (Fsp3) is 1.00. The second-order valence-electron chi connectivity index (χ2n) is 4.17. The highest BCUT2D eigenvalue weighted by atomic mass is 28.4. The molecule has 0 aliphatic rings. The summed E-state index contributed by atoms with van der Waals surface area (Å²) < 4.78 is 21.8. The van der Waals surface area contributed by atoms with Crippen molar-refractivity contribution >= 4 is 8.80 Å². The van der Waals surface area contributed by atoms with Gasteiger partial charge in [-0.15, -0.1) is 0 Å². The molecule has 0 saturated heterocycles. The minimum absolute atomic E-state index is 0.150. The number of hydrogen-bond donors (Lipinski definition) is 0. The third-order valence-electron chi connectivity index (χ3n) is 2.92. The Morgan fingerprint density at radius 1 is 0.938 bits per heavy atom. The third kappa shape index (κ3) is 4.51. The van der Waals surface area contributed by atoms with E-state index in [-0.39, 0.29) is 5.54 Å². The fourth-order valence-corrected chi connectivity index (χ4v) is 3.55. The topological polar surface area (TPSA) is 36.9 Å². The van der Waals surface area contributed by atoms with Crippen molar-refractivity contribution in [1.82, 2.24) is 0 Å². The summed E-state index contributed by atoms with van der Waals surface area (Å²) >= 11 is 0. The maximum absolute atomic E-state index is 5.65. The maximum atomic E-state index is 5.65. The first-order valence-electron chi connectivity index (χ1n) is 5.79. The van der Waals surface area contributed by atoms with Crippen molar-refractivity contribution in [2.45, 2.75) is 32.7 Å². The van der Waals surface area contributed by atoms with Gasteiger partial charge in [0.2, 0.25) is 0 Å². The summed E-state index contributed by atoms with van der Waals surface area (Å²) in [5.41, 5.74) is 0.150. The van der Waals surface area contributed by atoms with Gasteiger partial charge in [0.15, 0.2) is 0 Å². The Morgan fingerprint density at radius 3 is 1.81 bits per heavy atom. The summed E-state index contributed by atoms with van der Waals surface area (Å²) in [7, 11) is 2.36. The predicted molar refractivity (Wildman–Crippen MR) is 66.5 cm³/mol. The smallest absolute Gasteiger partial charge is 0.381 e. The zero-order chi connectivity index (χ0) is 12.6. The van der Waals surface area contributed by atoms with Crippen LogP contribution in [-0.2, 0) is 18.0 Å². The van der Waals surface area contributed by atoms with Gasteiger partial charge in [-0.05, 0) is 5.92 Å². The average Bonchev–Trinajstić information content (AvgIpc) is 2.31. The molecular formula is C11H26O4Si. The predicted octanol–water partition coefficient (Wildman–Crippen LogP) is 2.32. The lowest BCUT2D eigenvalue weighted by Gasteiger charge is -2.30. The number of ether oxygens (including phenoxy) is 1. The lowest BCUT2D eigenvalue weighted by molar-refractivity contribution is 0.0648. The van der Waals surface area contributed by atoms with E-state index < -0.39 is 8.80 Å². The van der Waals surface area contributed by atoms with E-state index in [2.05, 4.69) is 13.8 Å². The molecule has 98 valence electrons. The van der Waals surface area contributed by atoms with E-state index in [1.165, 1.54) is 0 Å². The molecule has 0 aromatic carbocycles. The Hall–Kier alpha value is 0.0569. The van der Waals surface area contributed by atoms with E-state index in [0.29, 0.717) is 12.5 Å². The van der Waals surface area contributed by atoms with Gasteiger partial charge in [-0.3, -0.25) is 0 Å². The van der Waals surface area contributed by atoms with Crippen molar-refractivity contribution in [2.24, 2.45) is 5.92 Å². The normalized spacial score (nSPS) is 16.1. The van der Waals surface area contributed by atoms with Gasteiger partial charge in [0.25, 0.3) is 0 Å². The fourth-order valence-electron chi connectivity index (χ4n) is 1.52. The highest BCUT2D eigenvalue weighted by molar-refractivity contribution is 6.62. The molecule has 2 unspecified atom stereocenters. The molecule has 0 radical (unpaired) electrons. The molecule has 0 heterocycles. The largest absolute Gasteiger partial charge is 0.505 e. The van der Waals surface area contributed by atoms with Crippen molar-refractivity contribution in [2.75, 3.05) is 34.5 Å². The summed E-state index contributed by atoms with van der Waals surface area (Å²) in [6.07, 6.45) is 1.13. The van der Waals surface area contributed by atoms with Crippen LogP contribution in [0.25, 0.3) is 0 Å². The summed E-state index contributed by atoms with van der Waals surface area (Å²) in [5, 5.41) is 0. The van der Waals surface area contributed by atoms with Crippen molar-refractivity contribution in [3.05, 3.63) is 0 Å². The molecule has 0 amide bonds.